The number of nitrogens with one attached hydrogen (secondary N) is 1. The van der Waals surface area contributed by atoms with Crippen molar-refractivity contribution in [2.75, 3.05) is 0 Å². The third kappa shape index (κ3) is 2.38. The Labute approximate surface area is 73.8 Å². The molecular formula is C2HF5N3P3. The molecule has 11 heteroatoms. The molecule has 1 aliphatic rings. The van der Waals surface area contributed by atoms with Crippen molar-refractivity contribution in [3.8, 4) is 0 Å². The molecule has 3 nitrogen and oxygen atoms in total. The standard InChI is InChI=1S/C2HF5N3P3/c3-1(4,5)2(6,7)13-9-11-8-12-10-13/h(H,8,9,10). The minimum atomic E-state index is -5.56. The molecule has 0 amide bonds. The average Bonchev–Trinajstić information content (AvgIpc) is 2.04. The van der Waals surface area contributed by atoms with Crippen LogP contribution < -0.4 is 4.86 Å². The fraction of sp³-hybridized carbons (Fsp3) is 1.00. The fourth-order valence-corrected chi connectivity index (χ4v) is 3.92. The first-order valence-electron chi connectivity index (χ1n) is 2.67. The molecule has 0 fully saturated rings. The molecule has 0 aromatic carbocycles. The van der Waals surface area contributed by atoms with Gasteiger partial charge in [-0.2, -0.15) is 31.0 Å². The van der Waals surface area contributed by atoms with Gasteiger partial charge in [0, 0.05) is 0 Å². The Morgan fingerprint density at radius 3 is 2.15 bits per heavy atom. The molecule has 0 saturated carbocycles. The normalized spacial score (nSPS) is 26.1. The van der Waals surface area contributed by atoms with Crippen molar-refractivity contribution in [1.29, 1.82) is 0 Å². The van der Waals surface area contributed by atoms with Crippen LogP contribution in [-0.2, 0) is 0 Å². The summed E-state index contributed by atoms with van der Waals surface area (Å²) in [5.74, 6) is 0. The van der Waals surface area contributed by atoms with Crippen LogP contribution in [0.25, 0.3) is 0 Å². The lowest BCUT2D eigenvalue weighted by molar-refractivity contribution is -0.241. The van der Waals surface area contributed by atoms with Crippen molar-refractivity contribution < 1.29 is 22.0 Å². The van der Waals surface area contributed by atoms with Crippen LogP contribution in [0.2, 0.25) is 0 Å². The summed E-state index contributed by atoms with van der Waals surface area (Å²) in [6.45, 7) is 0. The van der Waals surface area contributed by atoms with E-state index in [1.165, 1.54) is 0 Å². The highest BCUT2D eigenvalue weighted by Gasteiger charge is 2.63. The SMILES string of the molecule is FC(F)(F)C(F)(F)P1N=PN=PN1. The lowest BCUT2D eigenvalue weighted by atomic mass is 10.7. The van der Waals surface area contributed by atoms with E-state index in [0.717, 1.165) is 0 Å². The first-order chi connectivity index (χ1) is 5.86. The van der Waals surface area contributed by atoms with Crippen LogP contribution in [0.3, 0.4) is 0 Å². The highest BCUT2D eigenvalue weighted by molar-refractivity contribution is 7.67. The zero-order chi connectivity index (χ0) is 10.1. The monoisotopic (exact) mass is 255 g/mol. The maximum Gasteiger partial charge on any atom is 0.461 e. The topological polar surface area (TPSA) is 36.8 Å². The Morgan fingerprint density at radius 2 is 1.77 bits per heavy atom. The largest absolute Gasteiger partial charge is 0.461 e. The van der Waals surface area contributed by atoms with Gasteiger partial charge in [-0.25, -0.2) is 4.86 Å². The first-order valence-corrected chi connectivity index (χ1v) is 5.61. The van der Waals surface area contributed by atoms with Gasteiger partial charge < -0.3 is 0 Å². The fourth-order valence-electron chi connectivity index (χ4n) is 0.399. The van der Waals surface area contributed by atoms with Crippen LogP contribution in [0.4, 0.5) is 22.0 Å². The van der Waals surface area contributed by atoms with E-state index in [1.807, 2.05) is 4.86 Å². The maximum absolute atomic E-state index is 12.5. The Bertz CT molecular complexity index is 248. The quantitative estimate of drug-likeness (QED) is 0.554. The molecule has 74 valence electrons. The Morgan fingerprint density at radius 1 is 1.15 bits per heavy atom. The molecule has 1 N–H and O–H groups in total. The highest BCUT2D eigenvalue weighted by atomic mass is 31.2. The van der Waals surface area contributed by atoms with E-state index >= 15 is 0 Å². The van der Waals surface area contributed by atoms with Crippen molar-refractivity contribution in [1.82, 2.24) is 4.86 Å². The van der Waals surface area contributed by atoms with E-state index < -0.39 is 20.1 Å². The molecule has 13 heavy (non-hydrogen) atoms. The van der Waals surface area contributed by atoms with Crippen LogP contribution in [0.1, 0.15) is 0 Å². The minimum absolute atomic E-state index is 0.00803. The van der Waals surface area contributed by atoms with Gasteiger partial charge in [0.2, 0.25) is 0 Å². The third-order valence-electron chi connectivity index (χ3n) is 0.961. The summed E-state index contributed by atoms with van der Waals surface area (Å²) in [7, 11) is -2.98. The molecule has 0 bridgehead atoms. The summed E-state index contributed by atoms with van der Waals surface area (Å²) in [6, 6.07) is 0. The van der Waals surface area contributed by atoms with Crippen LogP contribution in [0.15, 0.2) is 9.03 Å². The second-order valence-electron chi connectivity index (χ2n) is 1.82. The lowest BCUT2D eigenvalue weighted by Crippen LogP contribution is -2.35. The number of nitrogens with zero attached hydrogens (tertiary/aromatic N) is 2. The van der Waals surface area contributed by atoms with Gasteiger partial charge in [-0.3, -0.25) is 0 Å². The number of halogens is 5. The second kappa shape index (κ2) is 3.77. The molecule has 0 spiro atoms. The average molecular weight is 255 g/mol. The molecule has 1 aliphatic heterocycles. The molecule has 0 aromatic heterocycles. The molecule has 0 aromatic rings. The van der Waals surface area contributed by atoms with Gasteiger partial charge in [-0.1, -0.05) is 0 Å². The van der Waals surface area contributed by atoms with Crippen molar-refractivity contribution in [3.63, 3.8) is 0 Å². The minimum Gasteiger partial charge on any atom is -0.208 e. The van der Waals surface area contributed by atoms with Crippen molar-refractivity contribution in [2.45, 2.75) is 11.8 Å². The predicted octanol–water partition coefficient (Wildman–Crippen LogP) is 4.15. The van der Waals surface area contributed by atoms with Gasteiger partial charge in [0.05, 0.1) is 0 Å². The summed E-state index contributed by atoms with van der Waals surface area (Å²) < 4.78 is 66.7. The lowest BCUT2D eigenvalue weighted by Gasteiger charge is -2.24. The highest BCUT2D eigenvalue weighted by Crippen LogP contribution is 2.61. The van der Waals surface area contributed by atoms with Gasteiger partial charge in [0.15, 0.2) is 16.7 Å². The summed E-state index contributed by atoms with van der Waals surface area (Å²) in [5, 5.41) is 0. The van der Waals surface area contributed by atoms with Crippen LogP contribution in [0.5, 0.6) is 0 Å². The maximum atomic E-state index is 12.5. The van der Waals surface area contributed by atoms with E-state index in [0.29, 0.717) is 0 Å². The van der Waals surface area contributed by atoms with Gasteiger partial charge in [-0.05, 0) is 0 Å². The Kier molecular flexibility index (Phi) is 3.29. The van der Waals surface area contributed by atoms with E-state index in [9.17, 15) is 22.0 Å². The predicted molar refractivity (Wildman–Crippen MR) is 39.8 cm³/mol. The van der Waals surface area contributed by atoms with Crippen LogP contribution in [-0.4, -0.2) is 11.8 Å². The first kappa shape index (κ1) is 11.3. The van der Waals surface area contributed by atoms with Gasteiger partial charge in [-0.15, -0.1) is 0 Å². The number of hydrogen-bond donors (Lipinski definition) is 1. The zero-order valence-electron chi connectivity index (χ0n) is 5.63. The van der Waals surface area contributed by atoms with E-state index in [1.54, 1.807) is 0 Å². The molecule has 1 rings (SSSR count). The molecule has 1 atom stereocenters. The molecule has 1 heterocycles. The molecule has 0 radical (unpaired) electrons. The van der Waals surface area contributed by atoms with E-state index in [-0.39, 0.29) is 17.0 Å². The van der Waals surface area contributed by atoms with Crippen molar-refractivity contribution in [2.24, 2.45) is 9.03 Å². The number of rotatable bonds is 1. The summed E-state index contributed by atoms with van der Waals surface area (Å²) >= 11 is 0. The van der Waals surface area contributed by atoms with Crippen LogP contribution >= 0.6 is 25.3 Å². The zero-order valence-corrected chi connectivity index (χ0v) is 8.31. The second-order valence-corrected chi connectivity index (χ2v) is 5.61. The summed E-state index contributed by atoms with van der Waals surface area (Å²) in [4.78, 5) is 1.89. The van der Waals surface area contributed by atoms with E-state index in [4.69, 9.17) is 0 Å². The van der Waals surface area contributed by atoms with Crippen LogP contribution in [0, 0.1) is 0 Å². The van der Waals surface area contributed by atoms with E-state index in [2.05, 4.69) is 9.03 Å². The van der Waals surface area contributed by atoms with Crippen molar-refractivity contribution >= 4 is 25.3 Å². The Balaban J connectivity index is 2.81. The number of hydrogen-bond acceptors (Lipinski definition) is 3. The number of alkyl halides is 5. The summed E-state index contributed by atoms with van der Waals surface area (Å²) in [5.41, 5.74) is -4.78. The van der Waals surface area contributed by atoms with Gasteiger partial charge in [0.1, 0.15) is 8.52 Å². The molecule has 1 unspecified atom stereocenters. The Hall–Kier alpha value is 0.240. The summed E-state index contributed by atoms with van der Waals surface area (Å²) in [6.07, 6.45) is -5.56. The van der Waals surface area contributed by atoms with Crippen molar-refractivity contribution in [3.05, 3.63) is 0 Å². The van der Waals surface area contributed by atoms with Gasteiger partial charge >= 0.3 is 11.8 Å². The third-order valence-corrected chi connectivity index (χ3v) is 4.58. The smallest absolute Gasteiger partial charge is 0.208 e. The molecule has 0 saturated heterocycles. The molecular weight excluding hydrogens is 254 g/mol. The van der Waals surface area contributed by atoms with Gasteiger partial charge in [0.25, 0.3) is 0 Å². The molecule has 0 aliphatic carbocycles.